The van der Waals surface area contributed by atoms with Crippen LogP contribution in [0.15, 0.2) is 48.6 Å². The molecule has 0 bridgehead atoms. The minimum atomic E-state index is -1.16. The molecule has 0 rings (SSSR count). The van der Waals surface area contributed by atoms with Gasteiger partial charge in [-0.15, -0.1) is 11.8 Å². The minimum absolute atomic E-state index is 0.0429. The molecule has 9 nitrogen and oxygen atoms in total. The molecule has 0 aromatic rings. The Balaban J connectivity index is 4.10. The maximum Gasteiger partial charge on any atom is 0.323 e. The van der Waals surface area contributed by atoms with Crippen molar-refractivity contribution in [3.05, 3.63) is 48.6 Å². The first kappa shape index (κ1) is 58.6. The zero-order valence-electron chi connectivity index (χ0n) is 39.0. The van der Waals surface area contributed by atoms with Gasteiger partial charge in [-0.2, -0.15) is 0 Å². The number of aliphatic carboxylic acids is 1. The molecule has 5 atom stereocenters. The lowest BCUT2D eigenvalue weighted by Crippen LogP contribution is -2.38. The van der Waals surface area contributed by atoms with Gasteiger partial charge in [-0.3, -0.25) is 14.4 Å². The molecule has 0 aromatic heterocycles. The molecule has 0 saturated heterocycles. The van der Waals surface area contributed by atoms with E-state index in [1.54, 1.807) is 0 Å². The first-order valence-corrected chi connectivity index (χ1v) is 25.6. The van der Waals surface area contributed by atoms with Gasteiger partial charge in [-0.1, -0.05) is 204 Å². The van der Waals surface area contributed by atoms with Gasteiger partial charge < -0.3 is 30.5 Å². The van der Waals surface area contributed by atoms with E-state index in [1.165, 1.54) is 140 Å². The van der Waals surface area contributed by atoms with Gasteiger partial charge >= 0.3 is 17.9 Å². The Labute approximate surface area is 377 Å². The number of carboxylic acids is 1. The number of ether oxygens (including phenoxy) is 2. The second-order valence-electron chi connectivity index (χ2n) is 17.0. The summed E-state index contributed by atoms with van der Waals surface area (Å²) in [5.41, 5.74) is 6.08. The molecule has 61 heavy (non-hydrogen) atoms. The number of aliphatic hydroxyl groups is 2. The predicted molar refractivity (Wildman–Crippen MR) is 257 cm³/mol. The Kier molecular flexibility index (Phi) is 42.5. The van der Waals surface area contributed by atoms with Crippen LogP contribution in [0.25, 0.3) is 0 Å². The molecule has 354 valence electrons. The molecule has 0 spiro atoms. The lowest BCUT2D eigenvalue weighted by molar-refractivity contribution is -0.153. The molecule has 0 saturated carbocycles. The van der Waals surface area contributed by atoms with Gasteiger partial charge in [0.2, 0.25) is 0 Å². The summed E-state index contributed by atoms with van der Waals surface area (Å²) in [6.45, 7) is 6.25. The zero-order chi connectivity index (χ0) is 45.0. The van der Waals surface area contributed by atoms with E-state index in [0.29, 0.717) is 12.8 Å². The summed E-state index contributed by atoms with van der Waals surface area (Å²) in [5.74, 6) is -0.963. The fourth-order valence-corrected chi connectivity index (χ4v) is 7.98. The third-order valence-corrected chi connectivity index (χ3v) is 12.5. The average Bonchev–Trinajstić information content (AvgIpc) is 3.24. The highest BCUT2D eigenvalue weighted by atomic mass is 32.2. The summed E-state index contributed by atoms with van der Waals surface area (Å²) in [6.07, 6.45) is 46.2. The molecular formula is C51H91NO8S. The number of hydrogen-bond donors (Lipinski definition) is 4. The Hall–Kier alpha value is -2.40. The monoisotopic (exact) mass is 878 g/mol. The Morgan fingerprint density at radius 2 is 1.18 bits per heavy atom. The van der Waals surface area contributed by atoms with Gasteiger partial charge in [-0.05, 0) is 44.4 Å². The van der Waals surface area contributed by atoms with Crippen molar-refractivity contribution >= 4 is 29.7 Å². The summed E-state index contributed by atoms with van der Waals surface area (Å²) in [7, 11) is 0. The van der Waals surface area contributed by atoms with E-state index in [-0.39, 0.29) is 37.8 Å². The number of nitrogens with two attached hydrogens (primary N) is 1. The summed E-state index contributed by atoms with van der Waals surface area (Å²) in [6, 6.07) is -1.01. The van der Waals surface area contributed by atoms with E-state index in [1.807, 2.05) is 30.4 Å². The topological polar surface area (TPSA) is 156 Å². The predicted octanol–water partition coefficient (Wildman–Crippen LogP) is 12.5. The molecule has 0 aromatic carbocycles. The van der Waals surface area contributed by atoms with Crippen LogP contribution in [0.1, 0.15) is 207 Å². The Morgan fingerprint density at radius 1 is 0.623 bits per heavy atom. The van der Waals surface area contributed by atoms with E-state index >= 15 is 0 Å². The Bertz CT molecular complexity index is 1160. The first-order valence-electron chi connectivity index (χ1n) is 24.5. The smallest absolute Gasteiger partial charge is 0.323 e. The van der Waals surface area contributed by atoms with Crippen LogP contribution in [0.2, 0.25) is 0 Å². The van der Waals surface area contributed by atoms with Gasteiger partial charge in [0.25, 0.3) is 0 Å². The van der Waals surface area contributed by atoms with Crippen LogP contribution in [0.5, 0.6) is 0 Å². The van der Waals surface area contributed by atoms with E-state index in [2.05, 4.69) is 39.0 Å². The number of rotatable bonds is 44. The number of allylic oxidation sites excluding steroid dienone is 7. The van der Waals surface area contributed by atoms with Gasteiger partial charge in [-0.25, -0.2) is 0 Å². The second kappa shape index (κ2) is 44.2. The van der Waals surface area contributed by atoms with Crippen LogP contribution in [0.4, 0.5) is 0 Å². The molecular weight excluding hydrogens is 787 g/mol. The molecule has 0 aliphatic carbocycles. The first-order chi connectivity index (χ1) is 29.6. The lowest BCUT2D eigenvalue weighted by Gasteiger charge is -2.21. The molecule has 0 amide bonds. The standard InChI is InChI=1S/C51H91NO8S/c1-4-6-7-8-9-10-11-21-24-27-30-33-38-48(47(54)37-35-39-49(55)56)61-43-46(52)51(58)60-42-45(53)41-59-50(57)40-34-31-28-25-22-19-17-15-13-12-14-16-18-20-23-26-29-32-36-44(3)5-2/h9-10,21,24,27,30,33,38,44-48,53-54H,4-8,11-20,22-23,25-26,28-29,31-32,34-37,39-43,52H2,1-3H3,(H,55,56)/b10-9-,24-21-,30-27+,38-33+/t44?,45-,46+,47+,48-/m1/s1. The van der Waals surface area contributed by atoms with E-state index < -0.39 is 35.4 Å². The zero-order valence-corrected chi connectivity index (χ0v) is 39.8. The highest BCUT2D eigenvalue weighted by molar-refractivity contribution is 8.00. The average molecular weight is 878 g/mol. The highest BCUT2D eigenvalue weighted by Gasteiger charge is 2.23. The van der Waals surface area contributed by atoms with Crippen LogP contribution in [-0.2, 0) is 23.9 Å². The van der Waals surface area contributed by atoms with Crippen molar-refractivity contribution in [2.24, 2.45) is 11.7 Å². The minimum Gasteiger partial charge on any atom is -0.481 e. The SMILES string of the molecule is CCCCC/C=C\C\C=C/C=C/C=C/[C@@H](SC[C@H](N)C(=O)OC[C@H](O)COC(=O)CCCCCCCCCCCCCCCCCCCCC(C)CC)[C@@H](O)CCCC(=O)O. The van der Waals surface area contributed by atoms with E-state index in [4.69, 9.17) is 20.3 Å². The largest absolute Gasteiger partial charge is 0.481 e. The quantitative estimate of drug-likeness (QED) is 0.0201. The maximum absolute atomic E-state index is 12.6. The van der Waals surface area contributed by atoms with Gasteiger partial charge in [0.05, 0.1) is 6.10 Å². The number of carbonyl (C=O) groups is 3. The summed E-state index contributed by atoms with van der Waals surface area (Å²) >= 11 is 1.28. The van der Waals surface area contributed by atoms with E-state index in [9.17, 15) is 24.6 Å². The van der Waals surface area contributed by atoms with E-state index in [0.717, 1.165) is 38.0 Å². The molecule has 1 unspecified atom stereocenters. The summed E-state index contributed by atoms with van der Waals surface area (Å²) in [5, 5.41) is 29.6. The number of carbonyl (C=O) groups excluding carboxylic acids is 2. The van der Waals surface area contributed by atoms with Gasteiger partial charge in [0.15, 0.2) is 0 Å². The fourth-order valence-electron chi connectivity index (χ4n) is 6.86. The van der Waals surface area contributed by atoms with Crippen LogP contribution < -0.4 is 5.73 Å². The van der Waals surface area contributed by atoms with Gasteiger partial charge in [0, 0.05) is 23.8 Å². The fraction of sp³-hybridized carbons (Fsp3) is 0.784. The van der Waals surface area contributed by atoms with Crippen molar-refractivity contribution in [3.8, 4) is 0 Å². The van der Waals surface area contributed by atoms with Crippen LogP contribution in [0.3, 0.4) is 0 Å². The molecule has 5 N–H and O–H groups in total. The molecule has 0 aliphatic heterocycles. The maximum atomic E-state index is 12.6. The third-order valence-electron chi connectivity index (χ3n) is 11.1. The van der Waals surface area contributed by atoms with Crippen LogP contribution in [-0.4, -0.2) is 75.7 Å². The molecule has 0 heterocycles. The number of carboxylic acid groups (broad SMARTS) is 1. The lowest BCUT2D eigenvalue weighted by atomic mass is 9.99. The number of unbranched alkanes of at least 4 members (excludes halogenated alkanes) is 20. The summed E-state index contributed by atoms with van der Waals surface area (Å²) < 4.78 is 10.4. The van der Waals surface area contributed by atoms with Crippen molar-refractivity contribution in [1.82, 2.24) is 0 Å². The highest BCUT2D eigenvalue weighted by Crippen LogP contribution is 2.22. The second-order valence-corrected chi connectivity index (χ2v) is 18.3. The van der Waals surface area contributed by atoms with Crippen molar-refractivity contribution in [1.29, 1.82) is 0 Å². The van der Waals surface area contributed by atoms with Crippen molar-refractivity contribution < 1.29 is 39.2 Å². The van der Waals surface area contributed by atoms with Crippen molar-refractivity contribution in [3.63, 3.8) is 0 Å². The molecule has 10 heteroatoms. The molecule has 0 radical (unpaired) electrons. The Morgan fingerprint density at radius 3 is 1.75 bits per heavy atom. The number of esters is 2. The summed E-state index contributed by atoms with van der Waals surface area (Å²) in [4.78, 5) is 35.7. The molecule has 0 aliphatic rings. The van der Waals surface area contributed by atoms with Crippen LogP contribution in [0, 0.1) is 5.92 Å². The third kappa shape index (κ3) is 41.4. The number of thioether (sulfide) groups is 1. The van der Waals surface area contributed by atoms with Crippen LogP contribution >= 0.6 is 11.8 Å². The van der Waals surface area contributed by atoms with Crippen molar-refractivity contribution in [2.75, 3.05) is 19.0 Å². The van der Waals surface area contributed by atoms with Crippen molar-refractivity contribution in [2.45, 2.75) is 230 Å². The number of aliphatic hydroxyl groups excluding tert-OH is 2. The normalized spacial score (nSPS) is 14.6. The van der Waals surface area contributed by atoms with Gasteiger partial charge in [0.1, 0.15) is 25.4 Å². The number of hydrogen-bond acceptors (Lipinski definition) is 9. The molecule has 0 fully saturated rings.